The van der Waals surface area contributed by atoms with E-state index in [1.54, 1.807) is 32.0 Å². The van der Waals surface area contributed by atoms with Gasteiger partial charge in [-0.1, -0.05) is 11.6 Å². The molecule has 0 saturated heterocycles. The number of hydrogen-bond acceptors (Lipinski definition) is 10. The molecule has 0 unspecified atom stereocenters. The van der Waals surface area contributed by atoms with Crippen molar-refractivity contribution in [3.8, 4) is 0 Å². The summed E-state index contributed by atoms with van der Waals surface area (Å²) < 4.78 is 33.2. The van der Waals surface area contributed by atoms with Gasteiger partial charge in [0.1, 0.15) is 0 Å². The van der Waals surface area contributed by atoms with E-state index < -0.39 is 37.4 Å². The van der Waals surface area contributed by atoms with E-state index in [9.17, 15) is 18.9 Å². The van der Waals surface area contributed by atoms with E-state index >= 15 is 0 Å². The SMILES string of the molecule is CCOC(=O)C(Cc1nc2ccc(Cl)cc2nc1CP(=O)(OC)OC)(NC(C)=O)C(=O)OCC. The Hall–Kier alpha value is -2.59. The van der Waals surface area contributed by atoms with Crippen molar-refractivity contribution in [3.63, 3.8) is 0 Å². The van der Waals surface area contributed by atoms with Crippen LogP contribution in [0.25, 0.3) is 11.0 Å². The molecule has 0 aliphatic heterocycles. The Morgan fingerprint density at radius 1 is 1.00 bits per heavy atom. The number of nitrogens with one attached hydrogen (secondary N) is 1. The van der Waals surface area contributed by atoms with Gasteiger partial charge in [-0.25, -0.2) is 19.6 Å². The lowest BCUT2D eigenvalue weighted by Crippen LogP contribution is -2.62. The predicted molar refractivity (Wildman–Crippen MR) is 123 cm³/mol. The highest BCUT2D eigenvalue weighted by molar-refractivity contribution is 7.52. The van der Waals surface area contributed by atoms with Crippen LogP contribution in [0.3, 0.4) is 0 Å². The largest absolute Gasteiger partial charge is 0.464 e. The van der Waals surface area contributed by atoms with Crippen LogP contribution >= 0.6 is 19.2 Å². The highest BCUT2D eigenvalue weighted by Gasteiger charge is 2.51. The number of esters is 2. The Morgan fingerprint density at radius 2 is 1.56 bits per heavy atom. The highest BCUT2D eigenvalue weighted by atomic mass is 35.5. The van der Waals surface area contributed by atoms with E-state index in [4.69, 9.17) is 30.1 Å². The summed E-state index contributed by atoms with van der Waals surface area (Å²) in [7, 11) is -1.21. The molecule has 0 radical (unpaired) electrons. The van der Waals surface area contributed by atoms with Gasteiger partial charge < -0.3 is 23.8 Å². The second-order valence-corrected chi connectivity index (χ2v) is 9.79. The molecule has 1 amide bonds. The summed E-state index contributed by atoms with van der Waals surface area (Å²) in [5, 5.41) is 2.77. The number of aromatic nitrogens is 2. The maximum Gasteiger partial charge on any atom is 0.344 e. The van der Waals surface area contributed by atoms with Gasteiger partial charge in [-0.05, 0) is 32.0 Å². The number of carbonyl (C=O) groups is 3. The monoisotopic (exact) mass is 515 g/mol. The fourth-order valence-electron chi connectivity index (χ4n) is 3.19. The molecule has 2 aromatic rings. The number of nitrogens with zero attached hydrogens (tertiary/aromatic N) is 2. The number of rotatable bonds is 11. The summed E-state index contributed by atoms with van der Waals surface area (Å²) in [5.74, 6) is -2.74. The Morgan fingerprint density at radius 3 is 2.06 bits per heavy atom. The van der Waals surface area contributed by atoms with E-state index in [2.05, 4.69) is 15.3 Å². The lowest BCUT2D eigenvalue weighted by molar-refractivity contribution is -0.168. The Bertz CT molecular complexity index is 1100. The zero-order chi connectivity index (χ0) is 25.5. The van der Waals surface area contributed by atoms with Crippen molar-refractivity contribution in [1.29, 1.82) is 0 Å². The van der Waals surface area contributed by atoms with Crippen LogP contribution in [0.15, 0.2) is 18.2 Å². The first kappa shape index (κ1) is 27.7. The molecular weight excluding hydrogens is 489 g/mol. The quantitative estimate of drug-likeness (QED) is 0.269. The van der Waals surface area contributed by atoms with Crippen molar-refractivity contribution in [2.45, 2.75) is 38.9 Å². The molecule has 0 aliphatic rings. The third-order valence-corrected chi connectivity index (χ3v) is 6.79. The van der Waals surface area contributed by atoms with Crippen LogP contribution in [0.2, 0.25) is 5.02 Å². The van der Waals surface area contributed by atoms with Gasteiger partial charge in [-0.15, -0.1) is 0 Å². The molecule has 13 heteroatoms. The van der Waals surface area contributed by atoms with Gasteiger partial charge in [0.2, 0.25) is 11.4 Å². The van der Waals surface area contributed by atoms with Crippen LogP contribution in [0.1, 0.15) is 32.2 Å². The summed E-state index contributed by atoms with van der Waals surface area (Å²) >= 11 is 6.07. The van der Waals surface area contributed by atoms with E-state index in [0.29, 0.717) is 16.1 Å². The van der Waals surface area contributed by atoms with Gasteiger partial charge in [-0.2, -0.15) is 0 Å². The molecule has 2 rings (SSSR count). The first-order chi connectivity index (χ1) is 16.0. The third-order valence-electron chi connectivity index (χ3n) is 4.75. The summed E-state index contributed by atoms with van der Waals surface area (Å²) in [6.45, 7) is 4.14. The van der Waals surface area contributed by atoms with Crippen LogP contribution < -0.4 is 5.32 Å². The second-order valence-electron chi connectivity index (χ2n) is 7.09. The van der Waals surface area contributed by atoms with Crippen LogP contribution in [0.4, 0.5) is 0 Å². The van der Waals surface area contributed by atoms with Crippen LogP contribution in [0, 0.1) is 0 Å². The van der Waals surface area contributed by atoms with E-state index in [0.717, 1.165) is 6.92 Å². The number of ether oxygens (including phenoxy) is 2. The summed E-state index contributed by atoms with van der Waals surface area (Å²) in [6.07, 6.45) is -0.814. The molecule has 0 bridgehead atoms. The molecule has 11 nitrogen and oxygen atoms in total. The summed E-state index contributed by atoms with van der Waals surface area (Å²) in [5.41, 5.74) is -1.30. The van der Waals surface area contributed by atoms with Crippen molar-refractivity contribution in [2.24, 2.45) is 0 Å². The Kier molecular flexibility index (Phi) is 9.52. The second kappa shape index (κ2) is 11.7. The van der Waals surface area contributed by atoms with Crippen LogP contribution in [-0.4, -0.2) is 60.8 Å². The first-order valence-corrected chi connectivity index (χ1v) is 12.4. The lowest BCUT2D eigenvalue weighted by atomic mass is 9.91. The normalized spacial score (nSPS) is 11.8. The number of hydrogen-bond donors (Lipinski definition) is 1. The standard InChI is InChI=1S/C21H27ClN3O8P/c1-6-32-19(27)21(25-13(3)26,20(28)33-7-2)11-17-18(12-34(29,30-4)31-5)24-16-10-14(22)8-9-15(16)23-17/h8-10H,6-7,11-12H2,1-5H3,(H,25,26). The average molecular weight is 516 g/mol. The van der Waals surface area contributed by atoms with E-state index in [1.165, 1.54) is 14.2 Å². The molecule has 0 saturated carbocycles. The maximum absolute atomic E-state index is 13.0. The fourth-order valence-corrected chi connectivity index (χ4v) is 4.38. The topological polar surface area (TPSA) is 143 Å². The predicted octanol–water partition coefficient (Wildman–Crippen LogP) is 2.81. The van der Waals surface area contributed by atoms with Gasteiger partial charge in [-0.3, -0.25) is 9.36 Å². The van der Waals surface area contributed by atoms with Crippen molar-refractivity contribution in [2.75, 3.05) is 27.4 Å². The fraction of sp³-hybridized carbons (Fsp3) is 0.476. The third kappa shape index (κ3) is 6.29. The van der Waals surface area contributed by atoms with Gasteiger partial charge in [0.15, 0.2) is 0 Å². The zero-order valence-electron chi connectivity index (χ0n) is 19.5. The van der Waals surface area contributed by atoms with Gasteiger partial charge in [0.25, 0.3) is 0 Å². The summed E-state index contributed by atoms with van der Waals surface area (Å²) in [6, 6.07) is 4.74. The first-order valence-electron chi connectivity index (χ1n) is 10.3. The van der Waals surface area contributed by atoms with Gasteiger partial charge >= 0.3 is 19.5 Å². The molecule has 0 aliphatic carbocycles. The molecule has 186 valence electrons. The number of benzene rings is 1. The molecule has 0 atom stereocenters. The molecular formula is C21H27ClN3O8P. The lowest BCUT2D eigenvalue weighted by Gasteiger charge is -2.30. The van der Waals surface area contributed by atoms with Gasteiger partial charge in [0, 0.05) is 32.6 Å². The molecule has 1 aromatic carbocycles. The van der Waals surface area contributed by atoms with Crippen LogP contribution in [-0.2, 0) is 50.1 Å². The van der Waals surface area contributed by atoms with Crippen LogP contribution in [0.5, 0.6) is 0 Å². The Balaban J connectivity index is 2.77. The zero-order valence-corrected chi connectivity index (χ0v) is 21.2. The van der Waals surface area contributed by atoms with Crippen molar-refractivity contribution in [3.05, 3.63) is 34.6 Å². The number of amides is 1. The minimum atomic E-state index is -3.64. The molecule has 1 N–H and O–H groups in total. The average Bonchev–Trinajstić information content (AvgIpc) is 2.78. The van der Waals surface area contributed by atoms with Crippen molar-refractivity contribution in [1.82, 2.24) is 15.3 Å². The summed E-state index contributed by atoms with van der Waals surface area (Å²) in [4.78, 5) is 47.1. The van der Waals surface area contributed by atoms with E-state index in [1.807, 2.05) is 0 Å². The van der Waals surface area contributed by atoms with Crippen molar-refractivity contribution >= 4 is 48.1 Å². The van der Waals surface area contributed by atoms with Crippen molar-refractivity contribution < 1.29 is 37.5 Å². The Labute approximate surface area is 202 Å². The maximum atomic E-state index is 13.0. The number of carbonyl (C=O) groups excluding carboxylic acids is 3. The minimum absolute atomic E-state index is 0.0587. The van der Waals surface area contributed by atoms with Gasteiger partial charge in [0.05, 0.1) is 41.8 Å². The molecule has 0 fully saturated rings. The molecule has 34 heavy (non-hydrogen) atoms. The molecule has 1 heterocycles. The highest BCUT2D eigenvalue weighted by Crippen LogP contribution is 2.50. The molecule has 0 spiro atoms. The minimum Gasteiger partial charge on any atom is -0.464 e. The molecule has 1 aromatic heterocycles. The number of halogens is 1. The van der Waals surface area contributed by atoms with E-state index in [-0.39, 0.29) is 30.8 Å². The smallest absolute Gasteiger partial charge is 0.344 e. The number of fused-ring (bicyclic) bond motifs is 1.